The fraction of sp³-hybridized carbons (Fsp3) is 0.450. The summed E-state index contributed by atoms with van der Waals surface area (Å²) in [5.74, 6) is -0.236. The molecule has 0 radical (unpaired) electrons. The number of nitrogens with two attached hydrogens (primary N) is 1. The van der Waals surface area contributed by atoms with E-state index in [-0.39, 0.29) is 23.6 Å². The van der Waals surface area contributed by atoms with E-state index in [0.717, 1.165) is 19.0 Å². The van der Waals surface area contributed by atoms with Gasteiger partial charge in [-0.1, -0.05) is 0 Å². The van der Waals surface area contributed by atoms with Crippen LogP contribution >= 0.6 is 0 Å². The fourth-order valence-corrected chi connectivity index (χ4v) is 3.82. The number of anilines is 2. The van der Waals surface area contributed by atoms with Crippen LogP contribution in [0.25, 0.3) is 11.3 Å². The number of nitrogens with one attached hydrogen (secondary N) is 1. The van der Waals surface area contributed by atoms with Gasteiger partial charge in [0.05, 0.1) is 12.8 Å². The SMILES string of the molecule is NC(=O)C1CCC(Nc2ncc(F)c(-c3ccnc(N4CCCOC4=O)c3)n2)CC1. The lowest BCUT2D eigenvalue weighted by Gasteiger charge is -2.27. The van der Waals surface area contributed by atoms with Crippen molar-refractivity contribution in [2.24, 2.45) is 11.7 Å². The molecule has 1 aliphatic carbocycles. The number of pyridine rings is 1. The van der Waals surface area contributed by atoms with Crippen molar-refractivity contribution in [1.82, 2.24) is 15.0 Å². The smallest absolute Gasteiger partial charge is 0.415 e. The van der Waals surface area contributed by atoms with Crippen molar-refractivity contribution in [1.29, 1.82) is 0 Å². The van der Waals surface area contributed by atoms with Crippen molar-refractivity contribution in [3.8, 4) is 11.3 Å². The van der Waals surface area contributed by atoms with Gasteiger partial charge < -0.3 is 15.8 Å². The number of cyclic esters (lactones) is 1. The van der Waals surface area contributed by atoms with Crippen molar-refractivity contribution in [2.45, 2.75) is 38.1 Å². The van der Waals surface area contributed by atoms with Gasteiger partial charge >= 0.3 is 6.09 Å². The van der Waals surface area contributed by atoms with Gasteiger partial charge in [-0.05, 0) is 44.2 Å². The molecule has 9 nitrogen and oxygen atoms in total. The molecule has 2 fully saturated rings. The fourth-order valence-electron chi connectivity index (χ4n) is 3.82. The van der Waals surface area contributed by atoms with Gasteiger partial charge in [-0.15, -0.1) is 0 Å². The van der Waals surface area contributed by atoms with Gasteiger partial charge in [0.15, 0.2) is 5.82 Å². The van der Waals surface area contributed by atoms with E-state index in [1.165, 1.54) is 11.1 Å². The number of ether oxygens (including phenoxy) is 1. The molecular formula is C20H23FN6O3. The van der Waals surface area contributed by atoms with E-state index in [1.807, 2.05) is 0 Å². The molecule has 2 aromatic rings. The van der Waals surface area contributed by atoms with Crippen LogP contribution in [0, 0.1) is 11.7 Å². The highest BCUT2D eigenvalue weighted by Gasteiger charge is 2.26. The Labute approximate surface area is 172 Å². The molecule has 0 bridgehead atoms. The molecule has 3 heterocycles. The van der Waals surface area contributed by atoms with Crippen molar-refractivity contribution in [3.63, 3.8) is 0 Å². The van der Waals surface area contributed by atoms with Crippen LogP contribution in [0.4, 0.5) is 21.0 Å². The summed E-state index contributed by atoms with van der Waals surface area (Å²) in [6.07, 6.45) is 5.80. The Morgan fingerprint density at radius 2 is 2.07 bits per heavy atom. The minimum atomic E-state index is -0.573. The van der Waals surface area contributed by atoms with Gasteiger partial charge in [-0.2, -0.15) is 0 Å². The Morgan fingerprint density at radius 1 is 1.27 bits per heavy atom. The molecule has 0 spiro atoms. The molecule has 158 valence electrons. The molecule has 2 amide bonds. The highest BCUT2D eigenvalue weighted by atomic mass is 19.1. The second kappa shape index (κ2) is 8.60. The average molecular weight is 414 g/mol. The molecule has 1 saturated carbocycles. The Hall–Kier alpha value is -3.30. The Morgan fingerprint density at radius 3 is 2.80 bits per heavy atom. The second-order valence-corrected chi connectivity index (χ2v) is 7.51. The van der Waals surface area contributed by atoms with Crippen molar-refractivity contribution < 1.29 is 18.7 Å². The lowest BCUT2D eigenvalue weighted by Crippen LogP contribution is -2.38. The molecule has 3 N–H and O–H groups in total. The summed E-state index contributed by atoms with van der Waals surface area (Å²) in [5.41, 5.74) is 5.98. The van der Waals surface area contributed by atoms with Crippen molar-refractivity contribution in [2.75, 3.05) is 23.4 Å². The molecular weight excluding hydrogens is 391 g/mol. The third-order valence-corrected chi connectivity index (χ3v) is 5.47. The van der Waals surface area contributed by atoms with E-state index in [1.54, 1.807) is 12.1 Å². The molecule has 0 aromatic carbocycles. The van der Waals surface area contributed by atoms with Gasteiger partial charge in [-0.25, -0.2) is 24.1 Å². The topological polar surface area (TPSA) is 123 Å². The van der Waals surface area contributed by atoms with Gasteiger partial charge in [0, 0.05) is 30.3 Å². The van der Waals surface area contributed by atoms with E-state index in [4.69, 9.17) is 10.5 Å². The largest absolute Gasteiger partial charge is 0.449 e. The van der Waals surface area contributed by atoms with Crippen molar-refractivity contribution >= 4 is 23.8 Å². The first kappa shape index (κ1) is 20.0. The van der Waals surface area contributed by atoms with Crippen LogP contribution in [-0.2, 0) is 9.53 Å². The maximum absolute atomic E-state index is 14.5. The number of aromatic nitrogens is 3. The first-order valence-electron chi connectivity index (χ1n) is 10.0. The number of primary amides is 1. The van der Waals surface area contributed by atoms with Crippen LogP contribution in [0.2, 0.25) is 0 Å². The quantitative estimate of drug-likeness (QED) is 0.770. The number of hydrogen-bond donors (Lipinski definition) is 2. The minimum absolute atomic E-state index is 0.0926. The number of nitrogens with zero attached hydrogens (tertiary/aromatic N) is 4. The summed E-state index contributed by atoms with van der Waals surface area (Å²) < 4.78 is 19.5. The maximum atomic E-state index is 14.5. The highest BCUT2D eigenvalue weighted by Crippen LogP contribution is 2.28. The summed E-state index contributed by atoms with van der Waals surface area (Å²) in [5, 5.41) is 3.22. The zero-order valence-electron chi connectivity index (χ0n) is 16.4. The summed E-state index contributed by atoms with van der Waals surface area (Å²) in [6, 6.07) is 3.33. The van der Waals surface area contributed by atoms with Gasteiger partial charge in [0.2, 0.25) is 11.9 Å². The van der Waals surface area contributed by atoms with Gasteiger partial charge in [0.1, 0.15) is 11.5 Å². The Kier molecular flexibility index (Phi) is 5.73. The third-order valence-electron chi connectivity index (χ3n) is 5.47. The zero-order valence-corrected chi connectivity index (χ0v) is 16.4. The summed E-state index contributed by atoms with van der Waals surface area (Å²) in [7, 11) is 0. The normalized spacial score (nSPS) is 21.8. The first-order valence-corrected chi connectivity index (χ1v) is 10.0. The summed E-state index contributed by atoms with van der Waals surface area (Å²) >= 11 is 0. The molecule has 2 aliphatic rings. The standard InChI is InChI=1S/C20H23FN6O3/c21-15-11-24-19(25-14-4-2-12(3-5-14)18(22)28)26-17(15)13-6-7-23-16(10-13)27-8-1-9-30-20(27)29/h6-7,10-12,14H,1-5,8-9H2,(H2,22,28)(H,24,25,26). The number of carbonyl (C=O) groups is 2. The molecule has 10 heteroatoms. The number of rotatable bonds is 5. The molecule has 1 aliphatic heterocycles. The van der Waals surface area contributed by atoms with Crippen LogP contribution in [0.3, 0.4) is 0 Å². The molecule has 4 rings (SSSR count). The molecule has 30 heavy (non-hydrogen) atoms. The minimum Gasteiger partial charge on any atom is -0.449 e. The first-order chi connectivity index (χ1) is 14.5. The Bertz CT molecular complexity index is 948. The third kappa shape index (κ3) is 4.32. The lowest BCUT2D eigenvalue weighted by molar-refractivity contribution is -0.122. The van der Waals surface area contributed by atoms with Gasteiger partial charge in [-0.3, -0.25) is 9.69 Å². The molecule has 0 atom stereocenters. The average Bonchev–Trinajstić information content (AvgIpc) is 2.76. The molecule has 1 saturated heterocycles. The maximum Gasteiger partial charge on any atom is 0.415 e. The van der Waals surface area contributed by atoms with Gasteiger partial charge in [0.25, 0.3) is 0 Å². The Balaban J connectivity index is 1.52. The summed E-state index contributed by atoms with van der Waals surface area (Å²) in [6.45, 7) is 0.869. The van der Waals surface area contributed by atoms with Crippen LogP contribution in [0.15, 0.2) is 24.5 Å². The van der Waals surface area contributed by atoms with Crippen molar-refractivity contribution in [3.05, 3.63) is 30.3 Å². The molecule has 0 unspecified atom stereocenters. The van der Waals surface area contributed by atoms with E-state index < -0.39 is 11.9 Å². The summed E-state index contributed by atoms with van der Waals surface area (Å²) in [4.78, 5) is 37.3. The lowest BCUT2D eigenvalue weighted by atomic mass is 9.86. The van der Waals surface area contributed by atoms with E-state index in [2.05, 4.69) is 20.3 Å². The van der Waals surface area contributed by atoms with E-state index >= 15 is 0 Å². The van der Waals surface area contributed by atoms with E-state index in [0.29, 0.717) is 49.7 Å². The number of carbonyl (C=O) groups excluding carboxylic acids is 2. The number of amides is 2. The van der Waals surface area contributed by atoms with Crippen LogP contribution < -0.4 is 16.0 Å². The monoisotopic (exact) mass is 414 g/mol. The van der Waals surface area contributed by atoms with Crippen LogP contribution in [-0.4, -0.2) is 46.1 Å². The predicted octanol–water partition coefficient (Wildman–Crippen LogP) is 2.48. The van der Waals surface area contributed by atoms with Crippen LogP contribution in [0.1, 0.15) is 32.1 Å². The highest BCUT2D eigenvalue weighted by molar-refractivity contribution is 5.87. The van der Waals surface area contributed by atoms with E-state index in [9.17, 15) is 14.0 Å². The molecule has 2 aromatic heterocycles. The second-order valence-electron chi connectivity index (χ2n) is 7.51. The number of hydrogen-bond acceptors (Lipinski definition) is 7. The number of halogens is 1. The zero-order chi connectivity index (χ0) is 21.1. The predicted molar refractivity (Wildman–Crippen MR) is 107 cm³/mol. The van der Waals surface area contributed by atoms with Crippen LogP contribution in [0.5, 0.6) is 0 Å².